The van der Waals surface area contributed by atoms with E-state index in [0.29, 0.717) is 51.4 Å². The van der Waals surface area contributed by atoms with Crippen molar-refractivity contribution in [2.75, 3.05) is 40.0 Å². The molecule has 1 aliphatic carbocycles. The maximum Gasteiger partial charge on any atom is 0.309 e. The van der Waals surface area contributed by atoms with Gasteiger partial charge in [0.05, 0.1) is 25.7 Å². The number of hydrogen-bond donors (Lipinski definition) is 0. The Labute approximate surface area is 401 Å². The maximum absolute atomic E-state index is 13.2. The van der Waals surface area contributed by atoms with Crippen molar-refractivity contribution >= 4 is 29.8 Å². The van der Waals surface area contributed by atoms with E-state index >= 15 is 0 Å². The van der Waals surface area contributed by atoms with Gasteiger partial charge in [-0.1, -0.05) is 116 Å². The zero-order valence-corrected chi connectivity index (χ0v) is 42.4. The molecule has 0 aromatic heterocycles. The molecule has 1 saturated carbocycles. The molecule has 0 amide bonds. The summed E-state index contributed by atoms with van der Waals surface area (Å²) in [5, 5.41) is 0. The molecule has 11 heteroatoms. The van der Waals surface area contributed by atoms with Crippen molar-refractivity contribution in [2.45, 2.75) is 238 Å². The van der Waals surface area contributed by atoms with Gasteiger partial charge in [0, 0.05) is 38.0 Å². The molecule has 1 saturated heterocycles. The highest BCUT2D eigenvalue weighted by atomic mass is 16.6. The minimum atomic E-state index is -0.335. The van der Waals surface area contributed by atoms with E-state index in [-0.39, 0.29) is 86.0 Å². The molecule has 2 rings (SSSR count). The van der Waals surface area contributed by atoms with E-state index in [1.54, 1.807) is 0 Å². The third-order valence-corrected chi connectivity index (χ3v) is 13.2. The summed E-state index contributed by atoms with van der Waals surface area (Å²) in [4.78, 5) is 65.8. The molecule has 0 radical (unpaired) electrons. The first-order valence-electron chi connectivity index (χ1n) is 27.0. The van der Waals surface area contributed by atoms with Crippen molar-refractivity contribution in [3.05, 3.63) is 24.3 Å². The molecule has 1 heterocycles. The van der Waals surface area contributed by atoms with Crippen LogP contribution in [0.3, 0.4) is 0 Å². The Morgan fingerprint density at radius 2 is 1.11 bits per heavy atom. The van der Waals surface area contributed by atoms with Crippen LogP contribution in [0.4, 0.5) is 0 Å². The van der Waals surface area contributed by atoms with Gasteiger partial charge in [0.1, 0.15) is 12.2 Å². The Kier molecular flexibility index (Phi) is 35.5. The highest BCUT2D eigenvalue weighted by molar-refractivity contribution is 5.73. The van der Waals surface area contributed by atoms with E-state index in [9.17, 15) is 24.0 Å². The topological polar surface area (TPSA) is 135 Å². The fourth-order valence-corrected chi connectivity index (χ4v) is 8.81. The first kappa shape index (κ1) is 58.9. The smallest absolute Gasteiger partial charge is 0.309 e. The number of hydrogen-bond acceptors (Lipinski definition) is 11. The van der Waals surface area contributed by atoms with Crippen LogP contribution in [-0.4, -0.2) is 86.9 Å². The first-order chi connectivity index (χ1) is 32.1. The number of rotatable bonds is 40. The average Bonchev–Trinajstić information content (AvgIpc) is 3.74. The van der Waals surface area contributed by atoms with E-state index in [4.69, 9.17) is 23.7 Å². The number of piperidine rings is 1. The Morgan fingerprint density at radius 1 is 0.561 bits per heavy atom. The van der Waals surface area contributed by atoms with Crippen molar-refractivity contribution in [1.82, 2.24) is 4.90 Å². The van der Waals surface area contributed by atoms with Crippen LogP contribution in [0, 0.1) is 17.8 Å². The number of unbranched alkanes of at least 4 members (excludes halogenated alkanes) is 14. The summed E-state index contributed by atoms with van der Waals surface area (Å²) in [7, 11) is 2.08. The summed E-state index contributed by atoms with van der Waals surface area (Å²) in [5.41, 5.74) is 0. The fourth-order valence-electron chi connectivity index (χ4n) is 8.81. The molecule has 2 fully saturated rings. The van der Waals surface area contributed by atoms with Gasteiger partial charge in [-0.05, 0) is 129 Å². The second-order valence-electron chi connectivity index (χ2n) is 19.4. The van der Waals surface area contributed by atoms with Gasteiger partial charge in [-0.2, -0.15) is 0 Å². The third-order valence-electron chi connectivity index (χ3n) is 13.2. The molecule has 380 valence electrons. The Hall–Kier alpha value is -3.21. The highest BCUT2D eigenvalue weighted by Gasteiger charge is 2.32. The minimum absolute atomic E-state index is 0.0274. The second-order valence-corrected chi connectivity index (χ2v) is 19.4. The molecule has 3 atom stereocenters. The van der Waals surface area contributed by atoms with Crippen LogP contribution < -0.4 is 0 Å². The number of likely N-dealkylation sites (tertiary alicyclic amines) is 1. The Bertz CT molecular complexity index is 1310. The lowest BCUT2D eigenvalue weighted by atomic mass is 9.97. The van der Waals surface area contributed by atoms with Crippen molar-refractivity contribution in [3.63, 3.8) is 0 Å². The number of nitrogens with zero attached hydrogens (tertiary/aromatic N) is 1. The summed E-state index contributed by atoms with van der Waals surface area (Å²) in [6.07, 6.45) is 36.7. The molecule has 0 aromatic carbocycles. The van der Waals surface area contributed by atoms with E-state index in [0.717, 1.165) is 116 Å². The first-order valence-corrected chi connectivity index (χ1v) is 27.0. The lowest BCUT2D eigenvalue weighted by molar-refractivity contribution is -0.155. The van der Waals surface area contributed by atoms with Crippen LogP contribution in [0.2, 0.25) is 0 Å². The van der Waals surface area contributed by atoms with Gasteiger partial charge in [-0.25, -0.2) is 0 Å². The van der Waals surface area contributed by atoms with Gasteiger partial charge in [-0.15, -0.1) is 0 Å². The molecule has 0 N–H and O–H groups in total. The van der Waals surface area contributed by atoms with Crippen LogP contribution in [0.25, 0.3) is 0 Å². The molecular weight excluding hydrogens is 835 g/mol. The molecular formula is C55H95NO10. The van der Waals surface area contributed by atoms with E-state index in [1.807, 2.05) is 0 Å². The van der Waals surface area contributed by atoms with Crippen molar-refractivity contribution in [2.24, 2.45) is 17.8 Å². The average molecular weight is 930 g/mol. The van der Waals surface area contributed by atoms with Crippen LogP contribution in [0.1, 0.15) is 226 Å². The van der Waals surface area contributed by atoms with Crippen molar-refractivity contribution in [1.29, 1.82) is 0 Å². The normalized spacial score (nSPS) is 17.4. The predicted molar refractivity (Wildman–Crippen MR) is 264 cm³/mol. The maximum atomic E-state index is 13.2. The standard InChI is InChI=1S/C55H95NO10/c1-5-8-11-12-13-14-15-16-17-18-19-20-21-22-23-26-30-49(38-41-62-54(60)43-46-34-35-50(42-46)66-55(61)48-36-39-56(4)40-37-48)65-53(59)33-28-27-29-47(44-63-51(57)31-24-9-6-2)45-64-52(58)32-25-10-7-3/h13-14,16-17,46-50H,5-12,15,18-45H2,1-4H3/b14-13-,17-16-. The fraction of sp³-hybridized carbons (Fsp3) is 0.836. The Morgan fingerprint density at radius 3 is 1.74 bits per heavy atom. The summed E-state index contributed by atoms with van der Waals surface area (Å²) in [6, 6.07) is 0. The van der Waals surface area contributed by atoms with E-state index in [1.165, 1.54) is 44.9 Å². The van der Waals surface area contributed by atoms with Crippen LogP contribution in [0.15, 0.2) is 24.3 Å². The summed E-state index contributed by atoms with van der Waals surface area (Å²) in [5.74, 6) is -1.09. The molecule has 66 heavy (non-hydrogen) atoms. The van der Waals surface area contributed by atoms with E-state index in [2.05, 4.69) is 57.0 Å². The Balaban J connectivity index is 1.80. The van der Waals surface area contributed by atoms with Crippen LogP contribution in [-0.2, 0) is 47.7 Å². The van der Waals surface area contributed by atoms with E-state index < -0.39 is 0 Å². The monoisotopic (exact) mass is 930 g/mol. The van der Waals surface area contributed by atoms with Gasteiger partial charge in [-0.3, -0.25) is 24.0 Å². The number of carbonyl (C=O) groups excluding carboxylic acids is 5. The van der Waals surface area contributed by atoms with Gasteiger partial charge in [0.2, 0.25) is 0 Å². The molecule has 1 aliphatic heterocycles. The molecule has 0 spiro atoms. The van der Waals surface area contributed by atoms with Crippen LogP contribution >= 0.6 is 0 Å². The van der Waals surface area contributed by atoms with Gasteiger partial charge < -0.3 is 28.6 Å². The summed E-state index contributed by atoms with van der Waals surface area (Å²) in [6.45, 7) is 8.83. The third kappa shape index (κ3) is 31.7. The highest BCUT2D eigenvalue weighted by Crippen LogP contribution is 2.32. The largest absolute Gasteiger partial charge is 0.466 e. The quantitative estimate of drug-likeness (QED) is 0.0251. The molecule has 0 aromatic rings. The van der Waals surface area contributed by atoms with Gasteiger partial charge in [0.25, 0.3) is 0 Å². The zero-order valence-electron chi connectivity index (χ0n) is 42.4. The summed E-state index contributed by atoms with van der Waals surface area (Å²) >= 11 is 0. The van der Waals surface area contributed by atoms with Gasteiger partial charge >= 0.3 is 29.8 Å². The molecule has 0 bridgehead atoms. The number of esters is 5. The second kappa shape index (κ2) is 39.8. The lowest BCUT2D eigenvalue weighted by Gasteiger charge is -2.28. The van der Waals surface area contributed by atoms with Crippen molar-refractivity contribution < 1.29 is 47.7 Å². The molecule has 11 nitrogen and oxygen atoms in total. The number of allylic oxidation sites excluding steroid dienone is 4. The summed E-state index contributed by atoms with van der Waals surface area (Å²) < 4.78 is 28.7. The molecule has 2 aliphatic rings. The zero-order chi connectivity index (χ0) is 47.9. The van der Waals surface area contributed by atoms with Crippen LogP contribution in [0.5, 0.6) is 0 Å². The van der Waals surface area contributed by atoms with Gasteiger partial charge in [0.15, 0.2) is 0 Å². The predicted octanol–water partition coefficient (Wildman–Crippen LogP) is 12.9. The SMILES string of the molecule is CCCCC/C=C\C/C=C\CCCCCCCCC(CCOC(=O)CC1CCC(OC(=O)C2CCN(C)CC2)C1)OC(=O)CCCCC(COC(=O)CCCCC)COC(=O)CCCCC. The minimum Gasteiger partial charge on any atom is -0.466 e. The number of carbonyl (C=O) groups is 5. The van der Waals surface area contributed by atoms with Crippen molar-refractivity contribution in [3.8, 4) is 0 Å². The molecule has 3 unspecified atom stereocenters. The lowest BCUT2D eigenvalue weighted by Crippen LogP contribution is -2.35. The number of ether oxygens (including phenoxy) is 5.